The van der Waals surface area contributed by atoms with Crippen molar-refractivity contribution in [3.63, 3.8) is 0 Å². The molecule has 0 aliphatic rings. The highest BCUT2D eigenvalue weighted by Gasteiger charge is 2.08. The van der Waals surface area contributed by atoms with E-state index in [1.165, 1.54) is 40.7 Å². The second-order valence-electron chi connectivity index (χ2n) is 6.70. The second-order valence-corrected chi connectivity index (χ2v) is 6.70. The summed E-state index contributed by atoms with van der Waals surface area (Å²) in [5.74, 6) is 1.06. The van der Waals surface area contributed by atoms with Crippen molar-refractivity contribution >= 4 is 0 Å². The molecule has 1 nitrogen and oxygen atoms in total. The van der Waals surface area contributed by atoms with Crippen LogP contribution >= 0.6 is 0 Å². The first kappa shape index (κ1) is 18.6. The van der Waals surface area contributed by atoms with Gasteiger partial charge in [-0.15, -0.1) is 0 Å². The van der Waals surface area contributed by atoms with Gasteiger partial charge in [0.05, 0.1) is 6.61 Å². The molecule has 0 aliphatic heterocycles. The molecule has 0 aromatic heterocycles. The third kappa shape index (κ3) is 5.12. The monoisotopic (exact) mass is 324 g/mol. The molecule has 0 radical (unpaired) electrons. The van der Waals surface area contributed by atoms with Crippen LogP contribution in [0.4, 0.5) is 0 Å². The minimum Gasteiger partial charge on any atom is -0.493 e. The van der Waals surface area contributed by atoms with Crippen molar-refractivity contribution < 1.29 is 4.74 Å². The highest BCUT2D eigenvalue weighted by Crippen LogP contribution is 2.25. The van der Waals surface area contributed by atoms with E-state index in [4.69, 9.17) is 4.74 Å². The van der Waals surface area contributed by atoms with Crippen LogP contribution in [-0.2, 0) is 19.3 Å². The van der Waals surface area contributed by atoms with Gasteiger partial charge in [0.15, 0.2) is 0 Å². The van der Waals surface area contributed by atoms with Gasteiger partial charge in [0.1, 0.15) is 5.75 Å². The Labute approximate surface area is 148 Å². The fourth-order valence-electron chi connectivity index (χ4n) is 3.03. The molecule has 2 rings (SSSR count). The number of ether oxygens (including phenoxy) is 1. The van der Waals surface area contributed by atoms with E-state index in [2.05, 4.69) is 64.1 Å². The molecule has 2 aromatic rings. The van der Waals surface area contributed by atoms with Gasteiger partial charge in [-0.25, -0.2) is 0 Å². The molecule has 0 spiro atoms. The van der Waals surface area contributed by atoms with E-state index < -0.39 is 0 Å². The van der Waals surface area contributed by atoms with Crippen molar-refractivity contribution in [1.29, 1.82) is 0 Å². The van der Waals surface area contributed by atoms with Crippen molar-refractivity contribution in [2.75, 3.05) is 6.61 Å². The van der Waals surface area contributed by atoms with Gasteiger partial charge in [-0.1, -0.05) is 57.0 Å². The lowest BCUT2D eigenvalue weighted by Gasteiger charge is -2.14. The second kappa shape index (κ2) is 9.52. The summed E-state index contributed by atoms with van der Waals surface area (Å²) in [7, 11) is 0. The van der Waals surface area contributed by atoms with Crippen molar-refractivity contribution in [3.05, 3.63) is 64.2 Å². The summed E-state index contributed by atoms with van der Waals surface area (Å²) in [6.07, 6.45) is 6.92. The van der Waals surface area contributed by atoms with Crippen molar-refractivity contribution in [2.24, 2.45) is 0 Å². The molecule has 0 unspecified atom stereocenters. The van der Waals surface area contributed by atoms with Crippen LogP contribution in [0.3, 0.4) is 0 Å². The summed E-state index contributed by atoms with van der Waals surface area (Å²) in [6.45, 7) is 9.66. The van der Waals surface area contributed by atoms with E-state index in [0.717, 1.165) is 38.0 Å². The Morgan fingerprint density at radius 1 is 0.750 bits per heavy atom. The maximum absolute atomic E-state index is 5.96. The van der Waals surface area contributed by atoms with Crippen LogP contribution in [0.25, 0.3) is 0 Å². The molecule has 24 heavy (non-hydrogen) atoms. The molecule has 0 fully saturated rings. The van der Waals surface area contributed by atoms with Crippen LogP contribution in [0.5, 0.6) is 5.75 Å². The van der Waals surface area contributed by atoms with Crippen LogP contribution < -0.4 is 4.74 Å². The van der Waals surface area contributed by atoms with Crippen molar-refractivity contribution in [1.82, 2.24) is 0 Å². The highest BCUT2D eigenvalue weighted by molar-refractivity contribution is 5.44. The van der Waals surface area contributed by atoms with Crippen molar-refractivity contribution in [2.45, 2.75) is 66.2 Å². The fraction of sp³-hybridized carbons (Fsp3) is 0.478. The zero-order chi connectivity index (χ0) is 17.4. The predicted molar refractivity (Wildman–Crippen MR) is 104 cm³/mol. The summed E-state index contributed by atoms with van der Waals surface area (Å²) >= 11 is 0. The predicted octanol–water partition coefficient (Wildman–Crippen LogP) is 6.22. The van der Waals surface area contributed by atoms with Gasteiger partial charge in [0.25, 0.3) is 0 Å². The molecule has 0 heterocycles. The van der Waals surface area contributed by atoms with Gasteiger partial charge in [0.2, 0.25) is 0 Å². The first-order valence-electron chi connectivity index (χ1n) is 9.45. The van der Waals surface area contributed by atoms with Crippen LogP contribution in [-0.4, -0.2) is 6.61 Å². The number of benzene rings is 2. The average molecular weight is 325 g/mol. The average Bonchev–Trinajstić information content (AvgIpc) is 2.62. The van der Waals surface area contributed by atoms with E-state index in [1.54, 1.807) is 0 Å². The minimum absolute atomic E-state index is 0.831. The third-order valence-corrected chi connectivity index (χ3v) is 4.97. The highest BCUT2D eigenvalue weighted by atomic mass is 16.5. The van der Waals surface area contributed by atoms with Crippen LogP contribution in [0.1, 0.15) is 60.9 Å². The largest absolute Gasteiger partial charge is 0.493 e. The molecular formula is C23H32O. The molecule has 0 saturated heterocycles. The lowest BCUT2D eigenvalue weighted by molar-refractivity contribution is 0.304. The Bertz CT molecular complexity index is 625. The van der Waals surface area contributed by atoms with Crippen molar-refractivity contribution in [3.8, 4) is 5.75 Å². The van der Waals surface area contributed by atoms with Gasteiger partial charge in [-0.3, -0.25) is 0 Å². The van der Waals surface area contributed by atoms with E-state index in [1.807, 2.05) is 0 Å². The standard InChI is InChI=1S/C23H32O/c1-5-7-8-17-24-23-16-15-22(18(3)19(23)4)14-13-21-11-9-20(6-2)10-12-21/h9-12,15-16H,5-8,13-14,17H2,1-4H3. The topological polar surface area (TPSA) is 9.23 Å². The molecular weight excluding hydrogens is 292 g/mol. The Kier molecular flexibility index (Phi) is 7.36. The normalized spacial score (nSPS) is 10.8. The fourth-order valence-corrected chi connectivity index (χ4v) is 3.03. The zero-order valence-corrected chi connectivity index (χ0v) is 15.8. The molecule has 0 saturated carbocycles. The molecule has 130 valence electrons. The lowest BCUT2D eigenvalue weighted by atomic mass is 9.96. The Hall–Kier alpha value is -1.76. The summed E-state index contributed by atoms with van der Waals surface area (Å²) in [4.78, 5) is 0. The number of hydrogen-bond donors (Lipinski definition) is 0. The summed E-state index contributed by atoms with van der Waals surface area (Å²) in [5, 5.41) is 0. The maximum atomic E-state index is 5.96. The van der Waals surface area contributed by atoms with Gasteiger partial charge >= 0.3 is 0 Å². The quantitative estimate of drug-likeness (QED) is 0.497. The van der Waals surface area contributed by atoms with Gasteiger partial charge in [-0.05, 0) is 73.4 Å². The molecule has 0 atom stereocenters. The smallest absolute Gasteiger partial charge is 0.122 e. The van der Waals surface area contributed by atoms with Gasteiger partial charge in [-0.2, -0.15) is 0 Å². The Morgan fingerprint density at radius 2 is 1.46 bits per heavy atom. The Morgan fingerprint density at radius 3 is 2.12 bits per heavy atom. The zero-order valence-electron chi connectivity index (χ0n) is 15.8. The first-order chi connectivity index (χ1) is 11.7. The van der Waals surface area contributed by atoms with E-state index in [0.29, 0.717) is 0 Å². The minimum atomic E-state index is 0.831. The maximum Gasteiger partial charge on any atom is 0.122 e. The van der Waals surface area contributed by atoms with Gasteiger partial charge < -0.3 is 4.74 Å². The summed E-state index contributed by atoms with van der Waals surface area (Å²) in [6, 6.07) is 13.4. The Balaban J connectivity index is 1.96. The number of unbranched alkanes of at least 4 members (excludes halogenated alkanes) is 2. The molecule has 2 aromatic carbocycles. The first-order valence-corrected chi connectivity index (χ1v) is 9.45. The number of rotatable bonds is 9. The SMILES string of the molecule is CCCCCOc1ccc(CCc2ccc(CC)cc2)c(C)c1C. The summed E-state index contributed by atoms with van der Waals surface area (Å²) in [5.41, 5.74) is 6.95. The lowest BCUT2D eigenvalue weighted by Crippen LogP contribution is -2.02. The molecule has 0 amide bonds. The molecule has 0 N–H and O–H groups in total. The van der Waals surface area contributed by atoms with Gasteiger partial charge in [0, 0.05) is 0 Å². The number of aryl methyl sites for hydroxylation is 3. The summed E-state index contributed by atoms with van der Waals surface area (Å²) < 4.78 is 5.96. The van der Waals surface area contributed by atoms with E-state index in [9.17, 15) is 0 Å². The van der Waals surface area contributed by atoms with Crippen LogP contribution in [0, 0.1) is 13.8 Å². The van der Waals surface area contributed by atoms with E-state index >= 15 is 0 Å². The molecule has 0 aliphatic carbocycles. The molecule has 0 bridgehead atoms. The molecule has 1 heteroatoms. The van der Waals surface area contributed by atoms with Crippen LogP contribution in [0.15, 0.2) is 36.4 Å². The van der Waals surface area contributed by atoms with Crippen LogP contribution in [0.2, 0.25) is 0 Å². The van der Waals surface area contributed by atoms with E-state index in [-0.39, 0.29) is 0 Å². The third-order valence-electron chi connectivity index (χ3n) is 4.97. The number of hydrogen-bond acceptors (Lipinski definition) is 1.